The van der Waals surface area contributed by atoms with Crippen molar-refractivity contribution in [2.24, 2.45) is 0 Å². The van der Waals surface area contributed by atoms with Crippen LogP contribution in [0.5, 0.6) is 0 Å². The van der Waals surface area contributed by atoms with E-state index in [-0.39, 0.29) is 44.1 Å². The molecule has 0 spiro atoms. The van der Waals surface area contributed by atoms with E-state index in [1.165, 1.54) is 12.0 Å². The van der Waals surface area contributed by atoms with Crippen molar-refractivity contribution in [3.8, 4) is 0 Å². The van der Waals surface area contributed by atoms with Gasteiger partial charge in [-0.3, -0.25) is 0 Å². The molecule has 0 saturated carbocycles. The van der Waals surface area contributed by atoms with Gasteiger partial charge in [0.25, 0.3) is 0 Å². The first kappa shape index (κ1) is 13.6. The molecule has 0 aromatic heterocycles. The van der Waals surface area contributed by atoms with Gasteiger partial charge in [-0.15, -0.1) is 6.54 Å². The van der Waals surface area contributed by atoms with Gasteiger partial charge in [0.05, 0.1) is 0 Å². The number of rotatable bonds is 3. The van der Waals surface area contributed by atoms with Gasteiger partial charge in [0.2, 0.25) is 0 Å². The van der Waals surface area contributed by atoms with E-state index in [1.807, 2.05) is 0 Å². The van der Waals surface area contributed by atoms with Crippen molar-refractivity contribution in [3.63, 3.8) is 0 Å². The summed E-state index contributed by atoms with van der Waals surface area (Å²) in [6, 6.07) is 8.37. The third-order valence-corrected chi connectivity index (χ3v) is 2.37. The van der Waals surface area contributed by atoms with Crippen LogP contribution in [0.1, 0.15) is 37.3 Å². The van der Waals surface area contributed by atoms with Gasteiger partial charge < -0.3 is 5.73 Å². The van der Waals surface area contributed by atoms with E-state index in [9.17, 15) is 0 Å². The maximum Gasteiger partial charge on any atom is 0 e. The maximum absolute atomic E-state index is 7.17. The van der Waals surface area contributed by atoms with Crippen molar-refractivity contribution in [2.45, 2.75) is 32.7 Å². The second kappa shape index (κ2) is 6.99. The first-order chi connectivity index (χ1) is 5.77. The Morgan fingerprint density at radius 3 is 2.15 bits per heavy atom. The summed E-state index contributed by atoms with van der Waals surface area (Å²) in [7, 11) is 0. The van der Waals surface area contributed by atoms with Crippen molar-refractivity contribution in [3.05, 3.63) is 41.1 Å². The fourth-order valence-electron chi connectivity index (χ4n) is 1.20. The molecule has 0 bridgehead atoms. The number of benzene rings is 1. The Balaban J connectivity index is 0.00000144. The maximum atomic E-state index is 7.17. The summed E-state index contributed by atoms with van der Waals surface area (Å²) in [5, 5.41) is 0. The average Bonchev–Trinajstić information content (AvgIpc) is 2.17. The van der Waals surface area contributed by atoms with Gasteiger partial charge in [-0.1, -0.05) is 43.7 Å². The zero-order valence-electron chi connectivity index (χ0n) is 8.38. The summed E-state index contributed by atoms with van der Waals surface area (Å²) in [5.74, 6) is 0.643. The Bertz CT molecular complexity index is 230. The zero-order valence-corrected chi connectivity index (χ0v) is 13.1. The Kier molecular flexibility index (Phi) is 7.32. The fourth-order valence-corrected chi connectivity index (χ4v) is 1.20. The van der Waals surface area contributed by atoms with E-state index in [2.05, 4.69) is 38.1 Å². The van der Waals surface area contributed by atoms with Crippen LogP contribution in [0.2, 0.25) is 0 Å². The van der Waals surface area contributed by atoms with Crippen LogP contribution in [-0.2, 0) is 6.54 Å². The summed E-state index contributed by atoms with van der Waals surface area (Å²) in [5.41, 5.74) is 9.65. The topological polar surface area (TPSA) is 23.8 Å². The van der Waals surface area contributed by atoms with E-state index in [4.69, 9.17) is 5.73 Å². The minimum absolute atomic E-state index is 0. The van der Waals surface area contributed by atoms with Crippen LogP contribution in [-0.4, -0.2) is 0 Å². The molecule has 0 amide bonds. The van der Waals surface area contributed by atoms with E-state index < -0.39 is 0 Å². The van der Waals surface area contributed by atoms with Crippen molar-refractivity contribution in [2.75, 3.05) is 0 Å². The summed E-state index contributed by atoms with van der Waals surface area (Å²) in [4.78, 5) is 0. The normalized spacial score (nSPS) is 11.9. The summed E-state index contributed by atoms with van der Waals surface area (Å²) in [6.45, 7) is 4.82. The van der Waals surface area contributed by atoms with E-state index in [1.54, 1.807) is 0 Å². The summed E-state index contributed by atoms with van der Waals surface area (Å²) < 4.78 is 0. The average molecular weight is 389 g/mol. The summed E-state index contributed by atoms with van der Waals surface area (Å²) in [6.07, 6.45) is 1.18. The monoisotopic (exact) mass is 389 g/mol. The van der Waals surface area contributed by atoms with Crippen LogP contribution in [0.3, 0.4) is 0 Å². The molecule has 1 nitrogen and oxygen atoms in total. The largest absolute Gasteiger partial charge is 0.674 e. The van der Waals surface area contributed by atoms with Gasteiger partial charge in [0.15, 0.2) is 0 Å². The smallest absolute Gasteiger partial charge is 0 e. The molecule has 1 aromatic rings. The molecule has 0 saturated heterocycles. The van der Waals surface area contributed by atoms with E-state index >= 15 is 0 Å². The molecule has 0 fully saturated rings. The minimum Gasteiger partial charge on any atom is -0.674 e. The van der Waals surface area contributed by atoms with Gasteiger partial charge in [-0.05, 0) is 17.9 Å². The SMILES string of the molecule is CCC(C)c1ccc(C[NH-])cc1.[Ac]. The van der Waals surface area contributed by atoms with Crippen LogP contribution in [0.15, 0.2) is 24.3 Å². The molecule has 69 valence electrons. The molecule has 0 aliphatic heterocycles. The first-order valence-electron chi connectivity index (χ1n) is 4.51. The minimum atomic E-state index is 0. The molecule has 1 rings (SSSR count). The van der Waals surface area contributed by atoms with Gasteiger partial charge in [-0.2, -0.15) is 0 Å². The molecule has 1 aromatic carbocycles. The van der Waals surface area contributed by atoms with E-state index in [0.717, 1.165) is 5.56 Å². The molecule has 1 N–H and O–H groups in total. The molecule has 1 atom stereocenters. The Hall–Kier alpha value is 0.622. The molecule has 0 aliphatic carbocycles. The second-order valence-corrected chi connectivity index (χ2v) is 3.23. The predicted molar refractivity (Wildman–Crippen MR) is 53.2 cm³/mol. The molecular formula is C11H16AcN-. The van der Waals surface area contributed by atoms with Gasteiger partial charge in [-0.25, -0.2) is 0 Å². The number of nitrogens with one attached hydrogen (secondary N) is 1. The fraction of sp³-hybridized carbons (Fsp3) is 0.455. The zero-order chi connectivity index (χ0) is 8.97. The number of hydrogen-bond donors (Lipinski definition) is 0. The van der Waals surface area contributed by atoms with Crippen LogP contribution < -0.4 is 0 Å². The van der Waals surface area contributed by atoms with Crippen LogP contribution in [0.25, 0.3) is 5.73 Å². The Morgan fingerprint density at radius 2 is 1.77 bits per heavy atom. The quantitative estimate of drug-likeness (QED) is 0.752. The van der Waals surface area contributed by atoms with E-state index in [0.29, 0.717) is 12.5 Å². The van der Waals surface area contributed by atoms with Gasteiger partial charge in [0, 0.05) is 44.1 Å². The predicted octanol–water partition coefficient (Wildman–Crippen LogP) is 3.75. The van der Waals surface area contributed by atoms with Crippen molar-refractivity contribution >= 4 is 0 Å². The van der Waals surface area contributed by atoms with Crippen molar-refractivity contribution in [1.82, 2.24) is 0 Å². The molecule has 1 unspecified atom stereocenters. The molecule has 0 aliphatic rings. The van der Waals surface area contributed by atoms with Gasteiger partial charge >= 0.3 is 0 Å². The molecular weight excluding hydrogens is 373 g/mol. The van der Waals surface area contributed by atoms with Crippen molar-refractivity contribution in [1.29, 1.82) is 0 Å². The standard InChI is InChI=1S/C11H16N.Ac/c1-3-9(2)11-6-4-10(8-12)5-7-11;/h4-7,9,12H,3,8H2,1-2H3;/q-1;. The van der Waals surface area contributed by atoms with Crippen LogP contribution in [0, 0.1) is 44.1 Å². The summed E-state index contributed by atoms with van der Waals surface area (Å²) >= 11 is 0. The Morgan fingerprint density at radius 1 is 1.23 bits per heavy atom. The van der Waals surface area contributed by atoms with Crippen LogP contribution >= 0.6 is 0 Å². The first-order valence-corrected chi connectivity index (χ1v) is 4.51. The van der Waals surface area contributed by atoms with Crippen LogP contribution in [0.4, 0.5) is 0 Å². The third-order valence-electron chi connectivity index (χ3n) is 2.37. The number of hydrogen-bond acceptors (Lipinski definition) is 0. The molecule has 13 heavy (non-hydrogen) atoms. The van der Waals surface area contributed by atoms with Crippen molar-refractivity contribution < 1.29 is 44.1 Å². The second-order valence-electron chi connectivity index (χ2n) is 3.23. The third kappa shape index (κ3) is 4.11. The molecule has 1 radical (unpaired) electrons. The molecule has 2 heteroatoms. The molecule has 0 heterocycles. The van der Waals surface area contributed by atoms with Gasteiger partial charge in [0.1, 0.15) is 0 Å². The Labute approximate surface area is 117 Å².